The Morgan fingerprint density at radius 2 is 1.59 bits per heavy atom. The van der Waals surface area contributed by atoms with Crippen LogP contribution in [0.3, 0.4) is 0 Å². The van der Waals surface area contributed by atoms with Crippen molar-refractivity contribution in [2.24, 2.45) is 13.0 Å². The highest BCUT2D eigenvalue weighted by Gasteiger charge is 2.60. The molecule has 1 saturated carbocycles. The number of hydrogen-bond acceptors (Lipinski definition) is 9. The van der Waals surface area contributed by atoms with Crippen LogP contribution >= 0.6 is 0 Å². The fraction of sp³-hybridized carbons (Fsp3) is 0.426. The Bertz CT molecular complexity index is 3820. The number of imidazole rings is 1. The third kappa shape index (κ3) is 7.43. The number of H-pyrrole nitrogens is 1. The fourth-order valence-corrected chi connectivity index (χ4v) is 12.7. The molecule has 0 radical (unpaired) electrons. The minimum atomic E-state index is -5.14. The smallest absolute Gasteiger partial charge is 0.376 e. The molecule has 4 aliphatic rings. The average molecular weight is 1050 g/mol. The number of aromatic amines is 1. The van der Waals surface area contributed by atoms with Gasteiger partial charge >= 0.3 is 23.5 Å². The van der Waals surface area contributed by atoms with Crippen molar-refractivity contribution in [3.63, 3.8) is 0 Å². The highest BCUT2D eigenvalue weighted by molar-refractivity contribution is 6.00. The molecule has 1 N–H and O–H groups in total. The summed E-state index contributed by atoms with van der Waals surface area (Å²) in [6.45, 7) is 10.9. The molecule has 0 unspecified atom stereocenters. The molecule has 2 amide bonds. The number of nitrogens with zero attached hydrogens (tertiary/aromatic N) is 10. The van der Waals surface area contributed by atoms with Crippen molar-refractivity contribution in [2.45, 2.75) is 108 Å². The van der Waals surface area contributed by atoms with Gasteiger partial charge in [0, 0.05) is 67.6 Å². The highest BCUT2D eigenvalue weighted by atomic mass is 19.4. The van der Waals surface area contributed by atoms with Crippen molar-refractivity contribution in [3.8, 4) is 17.2 Å². The summed E-state index contributed by atoms with van der Waals surface area (Å²) in [6.07, 6.45) is 0.963. The normalized spacial score (nSPS) is 22.2. The monoisotopic (exact) mass is 1050 g/mol. The first-order valence-corrected chi connectivity index (χ1v) is 25.4. The summed E-state index contributed by atoms with van der Waals surface area (Å²) in [7, 11) is 1.67. The Morgan fingerprint density at radius 1 is 0.895 bits per heavy atom. The molecule has 12 rings (SSSR count). The van der Waals surface area contributed by atoms with Gasteiger partial charge in [-0.05, 0) is 138 Å². The summed E-state index contributed by atoms with van der Waals surface area (Å²) in [5.41, 5.74) is 0.638. The number of rotatable bonds is 7. The molecule has 4 atom stereocenters. The standard InChI is InChI=1S/C54H54F5N11O6/c1-28-20-35(21-29(2)42(28)55)70-45(67-18-17-66(50(67)74)39-11-10-38-36(43(39)56)26-60-64(38)7)41-31(4)68(27-52(44(41)62-70)13-15-65(16-14-52)48(72)54(57,58)59)46(71)40-23-34-22-32(33-12-19-75-51(5,6)25-33)8-9-37(34)69(40)53(24-30(53)3)47-61-49(73)76-63-47/h8-11,17-18,20-23,26,30-31,33H,12-16,19,24-25,27H2,1-7H3,(H,61,63,73)/t30-,31-,33-,53-/m0/s1. The number of hydrogen-bond donors (Lipinski definition) is 1. The number of alkyl halides is 3. The summed E-state index contributed by atoms with van der Waals surface area (Å²) in [5.74, 6) is -4.04. The lowest BCUT2D eigenvalue weighted by Gasteiger charge is -2.49. The molecule has 2 saturated heterocycles. The maximum absolute atomic E-state index is 16.4. The number of amides is 2. The number of likely N-dealkylation sites (tertiary alicyclic amines) is 1. The average Bonchev–Trinajstić information content (AvgIpc) is 4.16. The van der Waals surface area contributed by atoms with Gasteiger partial charge in [0.1, 0.15) is 22.9 Å². The van der Waals surface area contributed by atoms with Gasteiger partial charge in [-0.25, -0.2) is 23.1 Å². The summed E-state index contributed by atoms with van der Waals surface area (Å²) in [6, 6.07) is 13.2. The van der Waals surface area contributed by atoms with Crippen LogP contribution in [-0.4, -0.2) is 103 Å². The molecule has 3 fully saturated rings. The van der Waals surface area contributed by atoms with E-state index >= 15 is 18.4 Å². The van der Waals surface area contributed by atoms with E-state index in [1.165, 1.54) is 38.6 Å². The molecular weight excluding hydrogens is 994 g/mol. The number of carbonyl (C=O) groups is 2. The second kappa shape index (κ2) is 16.9. The van der Waals surface area contributed by atoms with Gasteiger partial charge in [-0.15, -0.1) is 0 Å². The largest absolute Gasteiger partial charge is 0.471 e. The molecule has 1 aliphatic carbocycles. The Labute approximate surface area is 430 Å². The molecule has 22 heteroatoms. The SMILES string of the molecule is Cc1cc(-n2nc3c(c2-n2ccn(-c4ccc5c(cnn5C)c4F)c2=O)[C@H](C)N(C(=O)c2cc4cc([C@H]5CCOC(C)(C)C5)ccc4n2[C@@]2(c4noc(=O)[nH]4)C[C@@H]2C)CC32CCN(C(=O)C(F)(F)F)CC2)cc(C)c1F. The van der Waals surface area contributed by atoms with Crippen LogP contribution in [0.15, 0.2) is 81.2 Å². The number of piperidine rings is 1. The number of carbonyl (C=O) groups excluding carboxylic acids is 2. The van der Waals surface area contributed by atoms with Crippen LogP contribution in [0.4, 0.5) is 22.0 Å². The zero-order valence-corrected chi connectivity index (χ0v) is 42.8. The molecule has 0 bridgehead atoms. The van der Waals surface area contributed by atoms with Gasteiger partial charge in [0.05, 0.1) is 45.8 Å². The van der Waals surface area contributed by atoms with Gasteiger partial charge in [-0.3, -0.25) is 32.9 Å². The van der Waals surface area contributed by atoms with E-state index in [2.05, 4.69) is 41.2 Å². The summed E-state index contributed by atoms with van der Waals surface area (Å²) in [5, 5.41) is 14.5. The summed E-state index contributed by atoms with van der Waals surface area (Å²) < 4.78 is 92.5. The van der Waals surface area contributed by atoms with Crippen molar-refractivity contribution >= 4 is 33.6 Å². The van der Waals surface area contributed by atoms with Gasteiger partial charge in [0.15, 0.2) is 11.6 Å². The predicted molar refractivity (Wildman–Crippen MR) is 267 cm³/mol. The van der Waals surface area contributed by atoms with Gasteiger partial charge in [0.2, 0.25) is 0 Å². The van der Waals surface area contributed by atoms with E-state index in [0.29, 0.717) is 41.0 Å². The van der Waals surface area contributed by atoms with E-state index < -0.39 is 58.1 Å². The zero-order valence-electron chi connectivity index (χ0n) is 42.8. The van der Waals surface area contributed by atoms with Crippen molar-refractivity contribution in [3.05, 3.63) is 139 Å². The lowest BCUT2D eigenvalue weighted by Crippen LogP contribution is -2.56. The lowest BCUT2D eigenvalue weighted by molar-refractivity contribution is -0.187. The van der Waals surface area contributed by atoms with Crippen LogP contribution in [0.1, 0.15) is 116 Å². The van der Waals surface area contributed by atoms with Crippen LogP contribution in [0.2, 0.25) is 0 Å². The maximum Gasteiger partial charge on any atom is 0.471 e. The van der Waals surface area contributed by atoms with E-state index in [9.17, 15) is 22.8 Å². The minimum Gasteiger partial charge on any atom is -0.376 e. The zero-order chi connectivity index (χ0) is 53.7. The predicted octanol–water partition coefficient (Wildman–Crippen LogP) is 8.32. The van der Waals surface area contributed by atoms with Crippen molar-refractivity contribution in [2.75, 3.05) is 26.2 Å². The van der Waals surface area contributed by atoms with Crippen LogP contribution in [0.25, 0.3) is 39.0 Å². The molecule has 3 aromatic carbocycles. The first-order valence-electron chi connectivity index (χ1n) is 25.4. The third-order valence-corrected chi connectivity index (χ3v) is 16.8. The highest BCUT2D eigenvalue weighted by Crippen LogP contribution is 2.57. The number of nitrogens with one attached hydrogen (secondary N) is 1. The molecule has 8 heterocycles. The third-order valence-electron chi connectivity index (χ3n) is 16.8. The van der Waals surface area contributed by atoms with Crippen molar-refractivity contribution in [1.82, 2.24) is 53.2 Å². The van der Waals surface area contributed by atoms with Gasteiger partial charge < -0.3 is 19.1 Å². The molecule has 396 valence electrons. The Balaban J connectivity index is 1.07. The fourth-order valence-electron chi connectivity index (χ4n) is 12.7. The number of ether oxygens (including phenoxy) is 1. The molecular formula is C54H54F5N11O6. The second-order valence-electron chi connectivity index (χ2n) is 21.9. The summed E-state index contributed by atoms with van der Waals surface area (Å²) in [4.78, 5) is 62.0. The number of fused-ring (bicyclic) bond motifs is 4. The van der Waals surface area contributed by atoms with Gasteiger partial charge in [-0.1, -0.05) is 18.1 Å². The number of aryl methyl sites for hydroxylation is 3. The minimum absolute atomic E-state index is 0.0720. The number of benzene rings is 3. The van der Waals surface area contributed by atoms with Crippen LogP contribution in [0.5, 0.6) is 0 Å². The van der Waals surface area contributed by atoms with Crippen LogP contribution < -0.4 is 11.4 Å². The van der Waals surface area contributed by atoms with E-state index in [-0.39, 0.29) is 89.4 Å². The van der Waals surface area contributed by atoms with Crippen LogP contribution in [0, 0.1) is 31.4 Å². The van der Waals surface area contributed by atoms with Crippen LogP contribution in [-0.2, 0) is 27.5 Å². The molecule has 3 aliphatic heterocycles. The Hall–Kier alpha value is -7.62. The first-order chi connectivity index (χ1) is 36.0. The van der Waals surface area contributed by atoms with E-state index in [0.717, 1.165) is 33.3 Å². The lowest BCUT2D eigenvalue weighted by atomic mass is 9.70. The van der Waals surface area contributed by atoms with E-state index in [4.69, 9.17) is 14.4 Å². The first kappa shape index (κ1) is 49.3. The topological polar surface area (TPSA) is 176 Å². The molecule has 5 aromatic heterocycles. The van der Waals surface area contributed by atoms with E-state index in [1.54, 1.807) is 50.9 Å². The number of halogens is 5. The second-order valence-corrected chi connectivity index (χ2v) is 21.9. The maximum atomic E-state index is 16.4. The van der Waals surface area contributed by atoms with Crippen molar-refractivity contribution in [1.29, 1.82) is 0 Å². The Morgan fingerprint density at radius 3 is 2.25 bits per heavy atom. The molecule has 17 nitrogen and oxygen atoms in total. The molecule has 76 heavy (non-hydrogen) atoms. The quantitative estimate of drug-likeness (QED) is 0.154. The number of aromatic nitrogens is 9. The van der Waals surface area contributed by atoms with Crippen molar-refractivity contribution < 1.29 is 40.8 Å². The Kier molecular flexibility index (Phi) is 11.0. The molecule has 8 aromatic rings. The van der Waals surface area contributed by atoms with Gasteiger partial charge in [0.25, 0.3) is 5.91 Å². The summed E-state index contributed by atoms with van der Waals surface area (Å²) >= 11 is 0. The molecule has 1 spiro atoms. The van der Waals surface area contributed by atoms with Gasteiger partial charge in [-0.2, -0.15) is 23.4 Å². The van der Waals surface area contributed by atoms with E-state index in [1.807, 2.05) is 23.6 Å².